The highest BCUT2D eigenvalue weighted by Crippen LogP contribution is 2.31. The zero-order chi connectivity index (χ0) is 22.7. The highest BCUT2D eigenvalue weighted by molar-refractivity contribution is 7.89. The molecule has 1 fully saturated rings. The first kappa shape index (κ1) is 22.0. The molecule has 1 saturated heterocycles. The van der Waals surface area contributed by atoms with Crippen molar-refractivity contribution < 1.29 is 17.9 Å². The third-order valence-corrected chi connectivity index (χ3v) is 7.48. The van der Waals surface area contributed by atoms with Crippen LogP contribution in [0.2, 0.25) is 0 Å². The number of ether oxygens (including phenoxy) is 1. The zero-order valence-corrected chi connectivity index (χ0v) is 18.9. The number of nitrogens with one attached hydrogen (secondary N) is 1. The quantitative estimate of drug-likeness (QED) is 0.614. The van der Waals surface area contributed by atoms with Crippen molar-refractivity contribution in [2.24, 2.45) is 0 Å². The number of methoxy groups -OCH3 is 1. The first-order valence-electron chi connectivity index (χ1n) is 10.5. The molecule has 1 aromatic heterocycles. The molecule has 1 aliphatic rings. The predicted octanol–water partition coefficient (Wildman–Crippen LogP) is 3.62. The van der Waals surface area contributed by atoms with E-state index in [9.17, 15) is 13.2 Å². The van der Waals surface area contributed by atoms with Gasteiger partial charge in [0.15, 0.2) is 0 Å². The molecule has 3 aromatic rings. The van der Waals surface area contributed by atoms with E-state index in [0.29, 0.717) is 24.3 Å². The van der Waals surface area contributed by atoms with Gasteiger partial charge >= 0.3 is 0 Å². The number of anilines is 1. The molecule has 0 atom stereocenters. The maximum absolute atomic E-state index is 13.2. The summed E-state index contributed by atoms with van der Waals surface area (Å²) in [4.78, 5) is 12.8. The van der Waals surface area contributed by atoms with Crippen LogP contribution < -0.4 is 10.1 Å². The molecular weight excluding hydrogens is 428 g/mol. The number of aromatic nitrogens is 2. The van der Waals surface area contributed by atoms with Gasteiger partial charge in [-0.2, -0.15) is 9.40 Å². The van der Waals surface area contributed by atoms with Crippen LogP contribution >= 0.6 is 0 Å². The van der Waals surface area contributed by atoms with Crippen LogP contribution in [0.3, 0.4) is 0 Å². The molecular formula is C23H26N4O4S. The van der Waals surface area contributed by atoms with Crippen LogP contribution in [-0.4, -0.2) is 48.6 Å². The second kappa shape index (κ2) is 9.13. The summed E-state index contributed by atoms with van der Waals surface area (Å²) in [7, 11) is -2.28. The first-order chi connectivity index (χ1) is 15.4. The predicted molar refractivity (Wildman–Crippen MR) is 122 cm³/mol. The van der Waals surface area contributed by atoms with Crippen molar-refractivity contribution in [2.75, 3.05) is 25.5 Å². The summed E-state index contributed by atoms with van der Waals surface area (Å²) in [6, 6.07) is 13.6. The van der Waals surface area contributed by atoms with Crippen molar-refractivity contribution in [1.29, 1.82) is 0 Å². The summed E-state index contributed by atoms with van der Waals surface area (Å²) in [5.74, 6) is -0.0762. The number of carbonyl (C=O) groups is 1. The van der Waals surface area contributed by atoms with Crippen molar-refractivity contribution >= 4 is 21.6 Å². The van der Waals surface area contributed by atoms with E-state index >= 15 is 0 Å². The molecule has 0 aliphatic carbocycles. The Kier molecular flexibility index (Phi) is 6.29. The smallest absolute Gasteiger partial charge is 0.255 e. The molecule has 0 saturated carbocycles. The topological polar surface area (TPSA) is 93.5 Å². The Labute approximate surface area is 187 Å². The number of rotatable bonds is 6. The Morgan fingerprint density at radius 3 is 2.38 bits per heavy atom. The average Bonchev–Trinajstić information content (AvgIpc) is 3.25. The van der Waals surface area contributed by atoms with E-state index in [4.69, 9.17) is 4.74 Å². The number of amides is 1. The summed E-state index contributed by atoms with van der Waals surface area (Å²) in [5, 5.41) is 7.05. The van der Waals surface area contributed by atoms with E-state index in [1.165, 1.54) is 17.5 Å². The van der Waals surface area contributed by atoms with Gasteiger partial charge in [0.05, 0.1) is 12.8 Å². The Balaban J connectivity index is 1.56. The van der Waals surface area contributed by atoms with Gasteiger partial charge in [0.2, 0.25) is 10.0 Å². The highest BCUT2D eigenvalue weighted by Gasteiger charge is 2.29. The molecule has 9 heteroatoms. The van der Waals surface area contributed by atoms with Crippen molar-refractivity contribution in [3.8, 4) is 11.4 Å². The average molecular weight is 455 g/mol. The van der Waals surface area contributed by atoms with Gasteiger partial charge in [-0.1, -0.05) is 6.42 Å². The van der Waals surface area contributed by atoms with E-state index in [1.807, 2.05) is 25.1 Å². The van der Waals surface area contributed by atoms with Gasteiger partial charge in [-0.05, 0) is 68.3 Å². The fourth-order valence-electron chi connectivity index (χ4n) is 3.80. The molecule has 4 rings (SSSR count). The summed E-state index contributed by atoms with van der Waals surface area (Å²) in [6.07, 6.45) is 4.42. The van der Waals surface area contributed by atoms with E-state index in [2.05, 4.69) is 10.4 Å². The molecule has 0 bridgehead atoms. The molecule has 1 N–H and O–H groups in total. The molecule has 32 heavy (non-hydrogen) atoms. The van der Waals surface area contributed by atoms with Crippen molar-refractivity contribution in [1.82, 2.24) is 14.1 Å². The number of hydrogen-bond acceptors (Lipinski definition) is 5. The first-order valence-corrected chi connectivity index (χ1v) is 11.9. The van der Waals surface area contributed by atoms with E-state index in [-0.39, 0.29) is 16.6 Å². The highest BCUT2D eigenvalue weighted by atomic mass is 32.2. The Hall–Kier alpha value is -3.17. The van der Waals surface area contributed by atoms with Crippen molar-refractivity contribution in [3.05, 3.63) is 66.0 Å². The zero-order valence-electron chi connectivity index (χ0n) is 18.1. The monoisotopic (exact) mass is 454 g/mol. The SMILES string of the molecule is COc1ccc(NC(=O)c2ccc(-n3nccc3C)cc2)cc1S(=O)(=O)N1CCCCC1. The molecule has 0 unspecified atom stereocenters. The summed E-state index contributed by atoms with van der Waals surface area (Å²) >= 11 is 0. The third kappa shape index (κ3) is 4.39. The molecule has 1 aliphatic heterocycles. The molecule has 0 spiro atoms. The van der Waals surface area contributed by atoms with E-state index < -0.39 is 10.0 Å². The van der Waals surface area contributed by atoms with E-state index in [0.717, 1.165) is 30.6 Å². The standard InChI is InChI=1S/C23H26N4O4S/c1-17-12-13-24-27(17)20-9-6-18(7-10-20)23(28)25-19-8-11-21(31-2)22(16-19)32(29,30)26-14-4-3-5-15-26/h6-13,16H,3-5,14-15H2,1-2H3,(H,25,28). The number of carbonyl (C=O) groups excluding carboxylic acids is 1. The van der Waals surface area contributed by atoms with Gasteiger partial charge in [-0.25, -0.2) is 13.1 Å². The van der Waals surface area contributed by atoms with Crippen molar-refractivity contribution in [3.63, 3.8) is 0 Å². The third-order valence-electron chi connectivity index (χ3n) is 5.56. The van der Waals surface area contributed by atoms with E-state index in [1.54, 1.807) is 35.1 Å². The fraction of sp³-hybridized carbons (Fsp3) is 0.304. The number of hydrogen-bond donors (Lipinski definition) is 1. The van der Waals surface area contributed by atoms with Gasteiger partial charge < -0.3 is 10.1 Å². The van der Waals surface area contributed by atoms with Crippen LogP contribution in [0.5, 0.6) is 5.75 Å². The van der Waals surface area contributed by atoms with Crippen LogP contribution in [0.4, 0.5) is 5.69 Å². The largest absolute Gasteiger partial charge is 0.495 e. The van der Waals surface area contributed by atoms with Crippen LogP contribution in [0.25, 0.3) is 5.69 Å². The minimum Gasteiger partial charge on any atom is -0.495 e. The second-order valence-corrected chi connectivity index (χ2v) is 9.62. The molecule has 8 nitrogen and oxygen atoms in total. The lowest BCUT2D eigenvalue weighted by atomic mass is 10.2. The van der Waals surface area contributed by atoms with Gasteiger partial charge in [0.25, 0.3) is 5.91 Å². The minimum absolute atomic E-state index is 0.0594. The van der Waals surface area contributed by atoms with Crippen LogP contribution in [0.15, 0.2) is 59.6 Å². The number of piperidine rings is 1. The fourth-order valence-corrected chi connectivity index (χ4v) is 5.50. The lowest BCUT2D eigenvalue weighted by molar-refractivity contribution is 0.102. The van der Waals surface area contributed by atoms with Crippen molar-refractivity contribution in [2.45, 2.75) is 31.1 Å². The lowest BCUT2D eigenvalue weighted by Gasteiger charge is -2.26. The summed E-state index contributed by atoms with van der Waals surface area (Å²) in [6.45, 7) is 2.93. The maximum atomic E-state index is 13.2. The Morgan fingerprint density at radius 2 is 1.75 bits per heavy atom. The Morgan fingerprint density at radius 1 is 1.03 bits per heavy atom. The maximum Gasteiger partial charge on any atom is 0.255 e. The van der Waals surface area contributed by atoms with Crippen LogP contribution in [0.1, 0.15) is 35.3 Å². The molecule has 1 amide bonds. The lowest BCUT2D eigenvalue weighted by Crippen LogP contribution is -2.35. The molecule has 2 aromatic carbocycles. The molecule has 0 radical (unpaired) electrons. The minimum atomic E-state index is -3.72. The summed E-state index contributed by atoms with van der Waals surface area (Å²) in [5.41, 5.74) is 2.68. The number of sulfonamides is 1. The summed E-state index contributed by atoms with van der Waals surface area (Å²) < 4.78 is 34.9. The number of benzene rings is 2. The Bertz CT molecular complexity index is 1210. The van der Waals surface area contributed by atoms with Crippen LogP contribution in [0, 0.1) is 6.92 Å². The number of nitrogens with zero attached hydrogens (tertiary/aromatic N) is 3. The van der Waals surface area contributed by atoms with Gasteiger partial charge in [0, 0.05) is 36.2 Å². The second-order valence-electron chi connectivity index (χ2n) is 7.72. The normalized spacial score (nSPS) is 14.8. The van der Waals surface area contributed by atoms with Gasteiger partial charge in [-0.3, -0.25) is 4.79 Å². The number of aryl methyl sites for hydroxylation is 1. The molecule has 168 valence electrons. The van der Waals surface area contributed by atoms with Gasteiger partial charge in [0.1, 0.15) is 10.6 Å². The van der Waals surface area contributed by atoms with Crippen LogP contribution in [-0.2, 0) is 10.0 Å². The van der Waals surface area contributed by atoms with Gasteiger partial charge in [-0.15, -0.1) is 0 Å². The molecule has 2 heterocycles.